The first-order valence-corrected chi connectivity index (χ1v) is 12.6. The number of thiophene rings is 1. The van der Waals surface area contributed by atoms with E-state index in [2.05, 4.69) is 10.2 Å². The maximum absolute atomic E-state index is 13.5. The van der Waals surface area contributed by atoms with Crippen LogP contribution in [0.15, 0.2) is 64.8 Å². The number of benzene rings is 2. The van der Waals surface area contributed by atoms with Gasteiger partial charge in [-0.15, -0.1) is 11.3 Å². The normalized spacial score (nSPS) is 16.1. The minimum atomic E-state index is -0.178. The summed E-state index contributed by atoms with van der Waals surface area (Å²) in [7, 11) is 0. The zero-order valence-electron chi connectivity index (χ0n) is 18.8. The third kappa shape index (κ3) is 4.58. The van der Waals surface area contributed by atoms with Crippen molar-refractivity contribution < 1.29 is 4.79 Å². The lowest BCUT2D eigenvalue weighted by Crippen LogP contribution is -2.45. The monoisotopic (exact) mass is 492 g/mol. The first kappa shape index (κ1) is 22.6. The standard InChI is InChI=1S/C26H25ClN4O2S/c1-17-4-10-21(11-5-17)31-25(33)23-22(12-14-34-23)29-26(31)30-13-2-3-19(16-30)24(32)28-15-18-6-8-20(27)9-7-18/h4-12,14,19H,2-3,13,15-16H2,1H3,(H,28,32)/t19-/m1/s1. The van der Waals surface area contributed by atoms with Crippen molar-refractivity contribution in [1.29, 1.82) is 0 Å². The van der Waals surface area contributed by atoms with Crippen LogP contribution in [0.2, 0.25) is 5.02 Å². The van der Waals surface area contributed by atoms with Crippen molar-refractivity contribution in [2.75, 3.05) is 18.0 Å². The number of anilines is 1. The van der Waals surface area contributed by atoms with Gasteiger partial charge in [-0.2, -0.15) is 0 Å². The number of carbonyl (C=O) groups is 1. The number of carbonyl (C=O) groups excluding carboxylic acids is 1. The number of aryl methyl sites for hydroxylation is 1. The van der Waals surface area contributed by atoms with Crippen molar-refractivity contribution in [3.8, 4) is 5.69 Å². The summed E-state index contributed by atoms with van der Waals surface area (Å²) in [6.45, 7) is 3.74. The van der Waals surface area contributed by atoms with Crippen LogP contribution in [-0.4, -0.2) is 28.5 Å². The van der Waals surface area contributed by atoms with Crippen LogP contribution in [0.3, 0.4) is 0 Å². The summed E-state index contributed by atoms with van der Waals surface area (Å²) < 4.78 is 2.32. The van der Waals surface area contributed by atoms with Crippen LogP contribution in [-0.2, 0) is 11.3 Å². The van der Waals surface area contributed by atoms with Crippen LogP contribution in [0.4, 0.5) is 5.95 Å². The second-order valence-electron chi connectivity index (χ2n) is 8.65. The molecule has 1 atom stereocenters. The number of halogens is 1. The molecule has 0 radical (unpaired) electrons. The molecule has 1 aliphatic heterocycles. The Labute approximate surface area is 206 Å². The summed E-state index contributed by atoms with van der Waals surface area (Å²) in [5.74, 6) is 0.429. The average molecular weight is 493 g/mol. The molecular weight excluding hydrogens is 468 g/mol. The first-order chi connectivity index (χ1) is 16.5. The summed E-state index contributed by atoms with van der Waals surface area (Å²) in [4.78, 5) is 33.4. The molecule has 174 valence electrons. The lowest BCUT2D eigenvalue weighted by atomic mass is 9.97. The van der Waals surface area contributed by atoms with Gasteiger partial charge in [0, 0.05) is 24.7 Å². The van der Waals surface area contributed by atoms with E-state index >= 15 is 0 Å². The highest BCUT2D eigenvalue weighted by molar-refractivity contribution is 7.17. The van der Waals surface area contributed by atoms with Gasteiger partial charge in [0.15, 0.2) is 0 Å². The molecule has 6 nitrogen and oxygen atoms in total. The van der Waals surface area contributed by atoms with E-state index in [0.29, 0.717) is 34.3 Å². The molecule has 1 fully saturated rings. The molecule has 0 bridgehead atoms. The summed E-state index contributed by atoms with van der Waals surface area (Å²) in [6.07, 6.45) is 1.66. The average Bonchev–Trinajstić information content (AvgIpc) is 3.33. The lowest BCUT2D eigenvalue weighted by molar-refractivity contribution is -0.125. The smallest absolute Gasteiger partial charge is 0.277 e. The molecular formula is C26H25ClN4O2S. The van der Waals surface area contributed by atoms with Crippen LogP contribution >= 0.6 is 22.9 Å². The minimum Gasteiger partial charge on any atom is -0.352 e. The molecule has 0 unspecified atom stereocenters. The molecule has 34 heavy (non-hydrogen) atoms. The number of rotatable bonds is 5. The predicted molar refractivity (Wildman–Crippen MR) is 138 cm³/mol. The number of hydrogen-bond donors (Lipinski definition) is 1. The van der Waals surface area contributed by atoms with Crippen LogP contribution < -0.4 is 15.8 Å². The van der Waals surface area contributed by atoms with Crippen molar-refractivity contribution in [2.45, 2.75) is 26.3 Å². The summed E-state index contributed by atoms with van der Waals surface area (Å²) in [6, 6.07) is 17.2. The van der Waals surface area contributed by atoms with E-state index in [1.54, 1.807) is 4.57 Å². The minimum absolute atomic E-state index is 0.0143. The van der Waals surface area contributed by atoms with Crippen molar-refractivity contribution in [3.05, 3.63) is 86.5 Å². The number of nitrogens with zero attached hydrogens (tertiary/aromatic N) is 3. The Balaban J connectivity index is 1.42. The highest BCUT2D eigenvalue weighted by atomic mass is 35.5. The lowest BCUT2D eigenvalue weighted by Gasteiger charge is -2.34. The Morgan fingerprint density at radius 3 is 2.68 bits per heavy atom. The van der Waals surface area contributed by atoms with E-state index in [1.165, 1.54) is 11.3 Å². The number of nitrogens with one attached hydrogen (secondary N) is 1. The molecule has 3 heterocycles. The fourth-order valence-electron chi connectivity index (χ4n) is 4.35. The van der Waals surface area contributed by atoms with Gasteiger partial charge in [0.2, 0.25) is 11.9 Å². The fraction of sp³-hybridized carbons (Fsp3) is 0.269. The van der Waals surface area contributed by atoms with E-state index in [0.717, 1.165) is 36.2 Å². The molecule has 1 amide bonds. The van der Waals surface area contributed by atoms with Gasteiger partial charge in [-0.25, -0.2) is 9.55 Å². The van der Waals surface area contributed by atoms with Gasteiger partial charge in [-0.1, -0.05) is 41.4 Å². The third-order valence-corrected chi connectivity index (χ3v) is 7.35. The van der Waals surface area contributed by atoms with Gasteiger partial charge < -0.3 is 10.2 Å². The quantitative estimate of drug-likeness (QED) is 0.428. The molecule has 0 saturated carbocycles. The number of fused-ring (bicyclic) bond motifs is 1. The van der Waals surface area contributed by atoms with E-state index < -0.39 is 0 Å². The number of hydrogen-bond acceptors (Lipinski definition) is 5. The largest absolute Gasteiger partial charge is 0.352 e. The zero-order valence-corrected chi connectivity index (χ0v) is 20.4. The Morgan fingerprint density at radius 1 is 1.15 bits per heavy atom. The molecule has 1 N–H and O–H groups in total. The van der Waals surface area contributed by atoms with Crippen LogP contribution in [0.5, 0.6) is 0 Å². The second kappa shape index (κ2) is 9.60. The predicted octanol–water partition coefficient (Wildman–Crippen LogP) is 4.94. The van der Waals surface area contributed by atoms with Crippen LogP contribution in [0.1, 0.15) is 24.0 Å². The molecule has 5 rings (SSSR count). The first-order valence-electron chi connectivity index (χ1n) is 11.3. The van der Waals surface area contributed by atoms with Gasteiger partial charge in [0.25, 0.3) is 5.56 Å². The van der Waals surface area contributed by atoms with Crippen LogP contribution in [0.25, 0.3) is 15.9 Å². The van der Waals surface area contributed by atoms with E-state index in [4.69, 9.17) is 16.6 Å². The van der Waals surface area contributed by atoms with Gasteiger partial charge in [0.1, 0.15) is 4.70 Å². The number of amides is 1. The fourth-order valence-corrected chi connectivity index (χ4v) is 5.23. The van der Waals surface area contributed by atoms with Gasteiger partial charge in [0.05, 0.1) is 17.1 Å². The molecule has 2 aromatic carbocycles. The van der Waals surface area contributed by atoms with Crippen molar-refractivity contribution >= 4 is 45.0 Å². The molecule has 0 spiro atoms. The van der Waals surface area contributed by atoms with Gasteiger partial charge in [-0.3, -0.25) is 9.59 Å². The molecule has 0 aliphatic carbocycles. The number of piperidine rings is 1. The highest BCUT2D eigenvalue weighted by Crippen LogP contribution is 2.27. The van der Waals surface area contributed by atoms with Crippen molar-refractivity contribution in [1.82, 2.24) is 14.9 Å². The van der Waals surface area contributed by atoms with Crippen molar-refractivity contribution in [2.24, 2.45) is 5.92 Å². The summed E-state index contributed by atoms with van der Waals surface area (Å²) in [5, 5.41) is 5.62. The zero-order chi connectivity index (χ0) is 23.7. The Morgan fingerprint density at radius 2 is 1.91 bits per heavy atom. The summed E-state index contributed by atoms with van der Waals surface area (Å²) >= 11 is 7.36. The SMILES string of the molecule is Cc1ccc(-n2c(N3CCC[C@@H](C(=O)NCc4ccc(Cl)cc4)C3)nc3ccsc3c2=O)cc1. The third-order valence-electron chi connectivity index (χ3n) is 6.21. The van der Waals surface area contributed by atoms with Crippen molar-refractivity contribution in [3.63, 3.8) is 0 Å². The van der Waals surface area contributed by atoms with Crippen LogP contribution in [0, 0.1) is 12.8 Å². The maximum atomic E-state index is 13.5. The van der Waals surface area contributed by atoms with Gasteiger partial charge in [-0.05, 0) is 61.0 Å². The van der Waals surface area contributed by atoms with E-state index in [1.807, 2.05) is 66.9 Å². The molecule has 1 aliphatic rings. The molecule has 4 aromatic rings. The number of aromatic nitrogens is 2. The maximum Gasteiger partial charge on any atom is 0.277 e. The summed E-state index contributed by atoms with van der Waals surface area (Å²) in [5.41, 5.74) is 3.53. The Kier molecular flexibility index (Phi) is 6.39. The molecule has 8 heteroatoms. The topological polar surface area (TPSA) is 67.2 Å². The van der Waals surface area contributed by atoms with Gasteiger partial charge >= 0.3 is 0 Å². The second-order valence-corrected chi connectivity index (χ2v) is 10.0. The van der Waals surface area contributed by atoms with E-state index in [9.17, 15) is 9.59 Å². The molecule has 2 aromatic heterocycles. The Bertz CT molecular complexity index is 1380. The van der Waals surface area contributed by atoms with E-state index in [-0.39, 0.29) is 17.4 Å². The Hall–Kier alpha value is -3.16. The molecule has 1 saturated heterocycles. The highest BCUT2D eigenvalue weighted by Gasteiger charge is 2.29.